The molecule has 0 fully saturated rings. The Hall–Kier alpha value is -4.16. The first kappa shape index (κ1) is 18.6. The number of anilines is 1. The molecule has 2 aromatic heterocycles. The number of carbonyl (C=O) groups excluding carboxylic acids is 1. The van der Waals surface area contributed by atoms with E-state index in [0.29, 0.717) is 5.69 Å². The van der Waals surface area contributed by atoms with Gasteiger partial charge in [0, 0.05) is 6.07 Å². The Bertz CT molecular complexity index is 1050. The number of nitro groups is 1. The predicted molar refractivity (Wildman–Crippen MR) is 95.9 cm³/mol. The van der Waals surface area contributed by atoms with E-state index in [2.05, 4.69) is 35.8 Å². The SMILES string of the molecule is CC(C)c1c(C(=O)NN=Cc2ccccc2[N+](=O)[O-])nnn1-c1nonc1N. The van der Waals surface area contributed by atoms with Crippen LogP contribution in [0, 0.1) is 10.1 Å². The van der Waals surface area contributed by atoms with Crippen molar-refractivity contribution >= 4 is 23.6 Å². The van der Waals surface area contributed by atoms with Crippen LogP contribution in [0.3, 0.4) is 0 Å². The maximum atomic E-state index is 12.5. The molecule has 3 rings (SSSR count). The van der Waals surface area contributed by atoms with Crippen LogP contribution in [0.25, 0.3) is 5.82 Å². The van der Waals surface area contributed by atoms with Crippen LogP contribution < -0.4 is 11.2 Å². The van der Waals surface area contributed by atoms with Crippen LogP contribution in [0.2, 0.25) is 0 Å². The molecule has 28 heavy (non-hydrogen) atoms. The molecule has 0 radical (unpaired) electrons. The van der Waals surface area contributed by atoms with Crippen molar-refractivity contribution in [2.24, 2.45) is 5.10 Å². The third-order valence-corrected chi connectivity index (χ3v) is 3.67. The molecule has 1 aromatic carbocycles. The fourth-order valence-electron chi connectivity index (χ4n) is 2.44. The van der Waals surface area contributed by atoms with Crippen molar-refractivity contribution in [3.63, 3.8) is 0 Å². The van der Waals surface area contributed by atoms with Gasteiger partial charge in [-0.3, -0.25) is 14.9 Å². The summed E-state index contributed by atoms with van der Waals surface area (Å²) < 4.78 is 5.82. The van der Waals surface area contributed by atoms with Gasteiger partial charge in [0.05, 0.1) is 22.4 Å². The molecular formula is C15H15N9O4. The number of nitrogens with two attached hydrogens (primary N) is 1. The van der Waals surface area contributed by atoms with Gasteiger partial charge < -0.3 is 5.73 Å². The second-order valence-corrected chi connectivity index (χ2v) is 5.88. The van der Waals surface area contributed by atoms with Gasteiger partial charge in [-0.2, -0.15) is 9.78 Å². The van der Waals surface area contributed by atoms with Crippen LogP contribution in [0.1, 0.15) is 41.5 Å². The van der Waals surface area contributed by atoms with Crippen molar-refractivity contribution in [2.75, 3.05) is 5.73 Å². The minimum Gasteiger partial charge on any atom is -0.378 e. The summed E-state index contributed by atoms with van der Waals surface area (Å²) >= 11 is 0. The summed E-state index contributed by atoms with van der Waals surface area (Å²) in [6.07, 6.45) is 1.18. The molecule has 13 heteroatoms. The number of nitrogen functional groups attached to an aromatic ring is 1. The lowest BCUT2D eigenvalue weighted by Gasteiger charge is -2.08. The molecule has 1 amide bonds. The molecule has 0 saturated heterocycles. The van der Waals surface area contributed by atoms with Crippen molar-refractivity contribution in [1.29, 1.82) is 0 Å². The zero-order chi connectivity index (χ0) is 20.3. The van der Waals surface area contributed by atoms with Crippen molar-refractivity contribution in [3.05, 3.63) is 51.3 Å². The van der Waals surface area contributed by atoms with Crippen LogP contribution in [0.5, 0.6) is 0 Å². The highest BCUT2D eigenvalue weighted by Gasteiger charge is 2.25. The molecule has 0 spiro atoms. The minimum absolute atomic E-state index is 0.00267. The Kier molecular flexibility index (Phi) is 5.06. The normalized spacial score (nSPS) is 11.2. The number of nitrogens with zero attached hydrogens (tertiary/aromatic N) is 7. The van der Waals surface area contributed by atoms with Crippen molar-refractivity contribution in [1.82, 2.24) is 30.7 Å². The highest BCUT2D eigenvalue weighted by atomic mass is 16.6. The molecule has 13 nitrogen and oxygen atoms in total. The van der Waals surface area contributed by atoms with Crippen LogP contribution in [0.15, 0.2) is 34.0 Å². The molecule has 0 bridgehead atoms. The first-order valence-electron chi connectivity index (χ1n) is 8.01. The predicted octanol–water partition coefficient (Wildman–Crippen LogP) is 1.03. The zero-order valence-electron chi connectivity index (χ0n) is 14.8. The second kappa shape index (κ2) is 7.61. The number of benzene rings is 1. The maximum Gasteiger partial charge on any atom is 0.293 e. The largest absolute Gasteiger partial charge is 0.378 e. The Morgan fingerprint density at radius 3 is 2.79 bits per heavy atom. The molecule has 3 aromatic rings. The molecular weight excluding hydrogens is 370 g/mol. The van der Waals surface area contributed by atoms with Crippen molar-refractivity contribution in [3.8, 4) is 5.82 Å². The number of hydrogen-bond acceptors (Lipinski definition) is 10. The lowest BCUT2D eigenvalue weighted by Crippen LogP contribution is -2.21. The van der Waals surface area contributed by atoms with E-state index in [1.165, 1.54) is 29.1 Å². The van der Waals surface area contributed by atoms with E-state index in [0.717, 1.165) is 0 Å². The zero-order valence-corrected chi connectivity index (χ0v) is 14.8. The number of nitro benzene ring substituents is 1. The van der Waals surface area contributed by atoms with E-state index in [4.69, 9.17) is 5.73 Å². The first-order valence-corrected chi connectivity index (χ1v) is 8.01. The Balaban J connectivity index is 1.85. The topological polar surface area (TPSA) is 180 Å². The van der Waals surface area contributed by atoms with Gasteiger partial charge >= 0.3 is 0 Å². The van der Waals surface area contributed by atoms with Crippen LogP contribution >= 0.6 is 0 Å². The number of nitrogens with one attached hydrogen (secondary N) is 1. The van der Waals surface area contributed by atoms with Gasteiger partial charge in [0.15, 0.2) is 5.69 Å². The summed E-state index contributed by atoms with van der Waals surface area (Å²) in [7, 11) is 0. The smallest absolute Gasteiger partial charge is 0.293 e. The molecule has 0 atom stereocenters. The quantitative estimate of drug-likeness (QED) is 0.356. The van der Waals surface area contributed by atoms with Gasteiger partial charge in [-0.05, 0) is 22.3 Å². The lowest BCUT2D eigenvalue weighted by atomic mass is 10.1. The monoisotopic (exact) mass is 385 g/mol. The third kappa shape index (κ3) is 3.53. The number of amides is 1. The van der Waals surface area contributed by atoms with Crippen LogP contribution in [0.4, 0.5) is 11.5 Å². The summed E-state index contributed by atoms with van der Waals surface area (Å²) in [6.45, 7) is 3.65. The summed E-state index contributed by atoms with van der Waals surface area (Å²) in [4.78, 5) is 23.0. The number of aromatic nitrogens is 5. The van der Waals surface area contributed by atoms with E-state index < -0.39 is 10.8 Å². The van der Waals surface area contributed by atoms with Gasteiger partial charge in [-0.15, -0.1) is 5.10 Å². The van der Waals surface area contributed by atoms with Crippen molar-refractivity contribution < 1.29 is 14.3 Å². The summed E-state index contributed by atoms with van der Waals surface area (Å²) in [6, 6.07) is 5.99. The summed E-state index contributed by atoms with van der Waals surface area (Å²) in [5.74, 6) is -0.724. The maximum absolute atomic E-state index is 12.5. The molecule has 2 heterocycles. The Morgan fingerprint density at radius 2 is 2.14 bits per heavy atom. The van der Waals surface area contributed by atoms with E-state index in [9.17, 15) is 14.9 Å². The highest BCUT2D eigenvalue weighted by Crippen LogP contribution is 2.22. The molecule has 144 valence electrons. The number of para-hydroxylation sites is 1. The van der Waals surface area contributed by atoms with Crippen LogP contribution in [-0.2, 0) is 0 Å². The van der Waals surface area contributed by atoms with E-state index in [-0.39, 0.29) is 34.5 Å². The van der Waals surface area contributed by atoms with Gasteiger partial charge in [0.25, 0.3) is 11.6 Å². The lowest BCUT2D eigenvalue weighted by molar-refractivity contribution is -0.385. The highest BCUT2D eigenvalue weighted by molar-refractivity contribution is 5.94. The van der Waals surface area contributed by atoms with Gasteiger partial charge in [-0.1, -0.05) is 31.2 Å². The fourth-order valence-corrected chi connectivity index (χ4v) is 2.44. The second-order valence-electron chi connectivity index (χ2n) is 5.88. The van der Waals surface area contributed by atoms with E-state index in [1.807, 2.05) is 13.8 Å². The van der Waals surface area contributed by atoms with E-state index >= 15 is 0 Å². The minimum atomic E-state index is -0.653. The summed E-state index contributed by atoms with van der Waals surface area (Å²) in [5, 5.41) is 29.7. The Morgan fingerprint density at radius 1 is 1.39 bits per heavy atom. The first-order chi connectivity index (χ1) is 13.4. The molecule has 3 N–H and O–H groups in total. The average Bonchev–Trinajstić information content (AvgIpc) is 3.27. The van der Waals surface area contributed by atoms with Gasteiger partial charge in [-0.25, -0.2) is 10.1 Å². The number of carbonyl (C=O) groups is 1. The fraction of sp³-hybridized carbons (Fsp3) is 0.200. The van der Waals surface area contributed by atoms with Gasteiger partial charge in [0.2, 0.25) is 11.6 Å². The summed E-state index contributed by atoms with van der Waals surface area (Å²) in [5.41, 5.74) is 8.48. The number of rotatable bonds is 6. The average molecular weight is 385 g/mol. The standard InChI is InChI=1S/C15H15N9O4/c1-8(2)12-11(18-22-23(12)14-13(16)20-28-21-14)15(25)19-17-7-9-5-3-4-6-10(9)24(26)27/h3-8H,1-2H3,(H2,16,20)(H,19,25). The number of hydrogen-bond donors (Lipinski definition) is 2. The third-order valence-electron chi connectivity index (χ3n) is 3.67. The number of hydrazone groups is 1. The molecule has 0 saturated carbocycles. The van der Waals surface area contributed by atoms with Crippen LogP contribution in [-0.4, -0.2) is 42.4 Å². The van der Waals surface area contributed by atoms with Gasteiger partial charge in [0.1, 0.15) is 0 Å². The molecule has 0 aliphatic carbocycles. The molecule has 0 aliphatic rings. The van der Waals surface area contributed by atoms with E-state index in [1.54, 1.807) is 6.07 Å². The molecule has 0 aliphatic heterocycles. The van der Waals surface area contributed by atoms with Crippen molar-refractivity contribution in [2.45, 2.75) is 19.8 Å². The molecule has 0 unspecified atom stereocenters. The Labute approximate surface area is 157 Å².